The Bertz CT molecular complexity index is 1250. The molecular weight excluding hydrogens is 366 g/mol. The van der Waals surface area contributed by atoms with E-state index in [9.17, 15) is 5.11 Å². The van der Waals surface area contributed by atoms with Crippen molar-refractivity contribution in [2.75, 3.05) is 5.73 Å². The number of anilines is 1. The molecule has 0 radical (unpaired) electrons. The van der Waals surface area contributed by atoms with Crippen LogP contribution in [0.3, 0.4) is 0 Å². The van der Waals surface area contributed by atoms with E-state index >= 15 is 0 Å². The van der Waals surface area contributed by atoms with Crippen molar-refractivity contribution in [1.29, 1.82) is 0 Å². The molecule has 1 aromatic carbocycles. The number of nitrogen functional groups attached to an aromatic ring is 1. The number of nitrogens with zero attached hydrogens (tertiary/aromatic N) is 4. The largest absolute Gasteiger partial charge is 0.453 e. The Morgan fingerprint density at radius 3 is 2.72 bits per heavy atom. The fourth-order valence-corrected chi connectivity index (χ4v) is 3.88. The molecule has 0 aliphatic heterocycles. The molecule has 1 fully saturated rings. The molecule has 1 aliphatic carbocycles. The summed E-state index contributed by atoms with van der Waals surface area (Å²) in [5.74, 6) is 7.67. The zero-order chi connectivity index (χ0) is 20.0. The third-order valence-electron chi connectivity index (χ3n) is 5.48. The molecular formula is C22H21N5O2. The van der Waals surface area contributed by atoms with Gasteiger partial charge in [-0.05, 0) is 43.7 Å². The van der Waals surface area contributed by atoms with Gasteiger partial charge >= 0.3 is 0 Å². The summed E-state index contributed by atoms with van der Waals surface area (Å²) in [6.07, 6.45) is 4.46. The highest BCUT2D eigenvalue weighted by Crippen LogP contribution is 2.30. The van der Waals surface area contributed by atoms with Crippen LogP contribution < -0.4 is 5.73 Å². The second-order valence-electron chi connectivity index (χ2n) is 7.59. The fraction of sp³-hybridized carbons (Fsp3) is 0.318. The van der Waals surface area contributed by atoms with E-state index in [1.54, 1.807) is 0 Å². The van der Waals surface area contributed by atoms with Crippen molar-refractivity contribution in [2.45, 2.75) is 37.7 Å². The molecule has 146 valence electrons. The molecule has 0 unspecified atom stereocenters. The van der Waals surface area contributed by atoms with Crippen molar-refractivity contribution in [3.05, 3.63) is 36.2 Å². The summed E-state index contributed by atoms with van der Waals surface area (Å²) in [5, 5.41) is 11.6. The molecule has 3 aromatic heterocycles. The van der Waals surface area contributed by atoms with Crippen LogP contribution in [0.25, 0.3) is 33.7 Å². The van der Waals surface area contributed by atoms with Gasteiger partial charge in [0.2, 0.25) is 5.82 Å². The molecule has 3 N–H and O–H groups in total. The van der Waals surface area contributed by atoms with E-state index in [0.29, 0.717) is 35.6 Å². The highest BCUT2D eigenvalue weighted by Gasteiger charge is 2.26. The lowest BCUT2D eigenvalue weighted by Crippen LogP contribution is -2.29. The van der Waals surface area contributed by atoms with Crippen molar-refractivity contribution in [3.63, 3.8) is 0 Å². The maximum Gasteiger partial charge on any atom is 0.209 e. The molecule has 7 nitrogen and oxygen atoms in total. The van der Waals surface area contributed by atoms with Crippen LogP contribution in [0.4, 0.5) is 5.82 Å². The molecule has 1 aliphatic rings. The lowest BCUT2D eigenvalue weighted by Gasteiger charge is -2.26. The second-order valence-corrected chi connectivity index (χ2v) is 7.59. The minimum absolute atomic E-state index is 0.257. The van der Waals surface area contributed by atoms with E-state index in [2.05, 4.69) is 26.8 Å². The van der Waals surface area contributed by atoms with Crippen molar-refractivity contribution in [1.82, 2.24) is 19.5 Å². The quantitative estimate of drug-likeness (QED) is 0.485. The van der Waals surface area contributed by atoms with Crippen molar-refractivity contribution < 1.29 is 9.52 Å². The lowest BCUT2D eigenvalue weighted by atomic mass is 9.85. The third kappa shape index (κ3) is 3.12. The number of aryl methyl sites for hydroxylation is 1. The van der Waals surface area contributed by atoms with Gasteiger partial charge < -0.3 is 19.8 Å². The average Bonchev–Trinajstić information content (AvgIpc) is 3.29. The van der Waals surface area contributed by atoms with Gasteiger partial charge in [0.05, 0.1) is 0 Å². The summed E-state index contributed by atoms with van der Waals surface area (Å²) in [4.78, 5) is 13.4. The number of furan rings is 1. The number of para-hydroxylation sites is 1. The zero-order valence-electron chi connectivity index (χ0n) is 16.1. The van der Waals surface area contributed by atoms with Gasteiger partial charge in [0.1, 0.15) is 11.2 Å². The average molecular weight is 387 g/mol. The molecule has 4 aromatic rings. The number of hydrogen-bond donors (Lipinski definition) is 2. The Morgan fingerprint density at radius 2 is 1.93 bits per heavy atom. The van der Waals surface area contributed by atoms with Gasteiger partial charge in [-0.3, -0.25) is 0 Å². The number of aromatic nitrogens is 4. The van der Waals surface area contributed by atoms with Crippen LogP contribution >= 0.6 is 0 Å². The summed E-state index contributed by atoms with van der Waals surface area (Å²) >= 11 is 0. The smallest absolute Gasteiger partial charge is 0.209 e. The van der Waals surface area contributed by atoms with Gasteiger partial charge in [-0.2, -0.15) is 0 Å². The Morgan fingerprint density at radius 1 is 1.14 bits per heavy atom. The van der Waals surface area contributed by atoms with Crippen LogP contribution in [0.15, 0.2) is 34.7 Å². The van der Waals surface area contributed by atoms with Gasteiger partial charge in [-0.15, -0.1) is 0 Å². The Kier molecular flexibility index (Phi) is 4.03. The molecule has 0 atom stereocenters. The maximum absolute atomic E-state index is 10.6. The highest BCUT2D eigenvalue weighted by atomic mass is 16.3. The highest BCUT2D eigenvalue weighted by molar-refractivity contribution is 5.87. The first-order chi connectivity index (χ1) is 14.0. The number of aliphatic hydroxyl groups is 1. The van der Waals surface area contributed by atoms with Crippen LogP contribution in [-0.2, 0) is 7.05 Å². The van der Waals surface area contributed by atoms with E-state index in [1.165, 1.54) is 0 Å². The van der Waals surface area contributed by atoms with Crippen molar-refractivity contribution in [2.24, 2.45) is 7.05 Å². The summed E-state index contributed by atoms with van der Waals surface area (Å²) < 4.78 is 7.77. The Balaban J connectivity index is 1.58. The minimum atomic E-state index is -0.961. The van der Waals surface area contributed by atoms with E-state index in [0.717, 1.165) is 30.2 Å². The summed E-state index contributed by atoms with van der Waals surface area (Å²) in [6.45, 7) is 0. The topological polar surface area (TPSA) is 103 Å². The van der Waals surface area contributed by atoms with Gasteiger partial charge in [0, 0.05) is 12.4 Å². The molecule has 0 amide bonds. The van der Waals surface area contributed by atoms with E-state index < -0.39 is 5.60 Å². The molecule has 3 heterocycles. The molecule has 5 rings (SSSR count). The van der Waals surface area contributed by atoms with Crippen molar-refractivity contribution >= 4 is 28.0 Å². The standard InChI is InChI=1S/C22H21N5O2/c1-27-20(16-13-14-7-3-4-8-15(14)29-16)26-18-19(23)24-17(25-21(18)27)9-12-22(28)10-5-2-6-11-22/h3-4,7-8,13,28H,2,5-6,10-11H2,1H3,(H2,23,24,25). The first kappa shape index (κ1) is 17.7. The predicted molar refractivity (Wildman–Crippen MR) is 111 cm³/mol. The van der Waals surface area contributed by atoms with E-state index in [1.807, 2.05) is 41.9 Å². The Labute approximate surface area is 167 Å². The Hall–Kier alpha value is -3.37. The number of benzene rings is 1. The molecule has 1 saturated carbocycles. The van der Waals surface area contributed by atoms with Crippen LogP contribution in [0.5, 0.6) is 0 Å². The van der Waals surface area contributed by atoms with Gasteiger partial charge in [-0.1, -0.05) is 30.5 Å². The number of fused-ring (bicyclic) bond motifs is 2. The van der Waals surface area contributed by atoms with E-state index in [-0.39, 0.29) is 11.6 Å². The summed E-state index contributed by atoms with van der Waals surface area (Å²) in [6, 6.07) is 9.74. The molecule has 0 spiro atoms. The normalized spacial score (nSPS) is 16.1. The first-order valence-corrected chi connectivity index (χ1v) is 9.77. The second kappa shape index (κ2) is 6.61. The van der Waals surface area contributed by atoms with E-state index in [4.69, 9.17) is 10.2 Å². The number of nitrogens with two attached hydrogens (primary N) is 1. The fourth-order valence-electron chi connectivity index (χ4n) is 3.88. The zero-order valence-corrected chi connectivity index (χ0v) is 16.1. The number of rotatable bonds is 1. The van der Waals surface area contributed by atoms with Gasteiger partial charge in [0.15, 0.2) is 28.6 Å². The van der Waals surface area contributed by atoms with Crippen LogP contribution in [-0.4, -0.2) is 30.2 Å². The molecule has 29 heavy (non-hydrogen) atoms. The molecule has 0 bridgehead atoms. The van der Waals surface area contributed by atoms with Gasteiger partial charge in [0.25, 0.3) is 0 Å². The SMILES string of the molecule is Cn1c(-c2cc3ccccc3o2)nc2c(N)nc(C#CC3(O)CCCCC3)nc21. The summed E-state index contributed by atoms with van der Waals surface area (Å²) in [7, 11) is 1.86. The lowest BCUT2D eigenvalue weighted by molar-refractivity contribution is 0.0610. The number of hydrogen-bond acceptors (Lipinski definition) is 6. The maximum atomic E-state index is 10.6. The minimum Gasteiger partial charge on any atom is -0.453 e. The third-order valence-corrected chi connectivity index (χ3v) is 5.48. The molecule has 0 saturated heterocycles. The summed E-state index contributed by atoms with van der Waals surface area (Å²) in [5.41, 5.74) is 7.06. The van der Waals surface area contributed by atoms with Crippen molar-refractivity contribution in [3.8, 4) is 23.4 Å². The predicted octanol–water partition coefficient (Wildman–Crippen LogP) is 3.41. The molecule has 7 heteroatoms. The monoisotopic (exact) mass is 387 g/mol. The number of imidazole rings is 1. The van der Waals surface area contributed by atoms with Crippen LogP contribution in [0.1, 0.15) is 37.9 Å². The van der Waals surface area contributed by atoms with Gasteiger partial charge in [-0.25, -0.2) is 15.0 Å². The first-order valence-electron chi connectivity index (χ1n) is 9.77. The van der Waals surface area contributed by atoms with Crippen LogP contribution in [0.2, 0.25) is 0 Å². The van der Waals surface area contributed by atoms with Crippen LogP contribution in [0, 0.1) is 11.8 Å².